The highest BCUT2D eigenvalue weighted by atomic mass is 16.5. The van der Waals surface area contributed by atoms with Crippen molar-refractivity contribution in [2.45, 2.75) is 27.0 Å². The lowest BCUT2D eigenvalue weighted by molar-refractivity contribution is 0.290. The highest BCUT2D eigenvalue weighted by Crippen LogP contribution is 2.18. The van der Waals surface area contributed by atoms with Crippen molar-refractivity contribution in [2.75, 3.05) is 0 Å². The monoisotopic (exact) mass is 246 g/mol. The lowest BCUT2D eigenvalue weighted by atomic mass is 10.3. The molecule has 2 aromatic rings. The van der Waals surface area contributed by atoms with Crippen molar-refractivity contribution in [1.82, 2.24) is 14.8 Å². The molecule has 0 bridgehead atoms. The van der Waals surface area contributed by atoms with Crippen molar-refractivity contribution in [3.63, 3.8) is 0 Å². The van der Waals surface area contributed by atoms with Crippen LogP contribution in [0.3, 0.4) is 0 Å². The quantitative estimate of drug-likeness (QED) is 0.887. The summed E-state index contributed by atoms with van der Waals surface area (Å²) in [6, 6.07) is 5.83. The molecule has 5 nitrogen and oxygen atoms in total. The van der Waals surface area contributed by atoms with Crippen molar-refractivity contribution in [1.29, 1.82) is 0 Å². The van der Waals surface area contributed by atoms with Crippen molar-refractivity contribution in [3.8, 4) is 5.75 Å². The molecular formula is C13H18N4O. The van der Waals surface area contributed by atoms with E-state index in [4.69, 9.17) is 10.5 Å². The number of hydrogen-bond donors (Lipinski definition) is 1. The first-order valence-electron chi connectivity index (χ1n) is 5.89. The molecule has 0 atom stereocenters. The Morgan fingerprint density at radius 2 is 2.06 bits per heavy atom. The van der Waals surface area contributed by atoms with Gasteiger partial charge < -0.3 is 10.5 Å². The number of pyridine rings is 1. The highest BCUT2D eigenvalue weighted by molar-refractivity contribution is 5.29. The SMILES string of the molecule is Cc1ccc(OCc2cc(C)nn2C)c(CN)n1. The summed E-state index contributed by atoms with van der Waals surface area (Å²) in [7, 11) is 1.91. The lowest BCUT2D eigenvalue weighted by Crippen LogP contribution is -2.08. The molecule has 0 unspecified atom stereocenters. The van der Waals surface area contributed by atoms with E-state index >= 15 is 0 Å². The first kappa shape index (κ1) is 12.6. The summed E-state index contributed by atoms with van der Waals surface area (Å²) in [5.41, 5.74) is 9.40. The summed E-state index contributed by atoms with van der Waals surface area (Å²) in [5, 5.41) is 4.28. The smallest absolute Gasteiger partial charge is 0.142 e. The molecule has 0 radical (unpaired) electrons. The molecule has 5 heteroatoms. The van der Waals surface area contributed by atoms with E-state index in [1.807, 2.05) is 43.8 Å². The molecule has 0 saturated carbocycles. The second-order valence-electron chi connectivity index (χ2n) is 4.29. The fraction of sp³-hybridized carbons (Fsp3) is 0.385. The lowest BCUT2D eigenvalue weighted by Gasteiger charge is -2.10. The zero-order chi connectivity index (χ0) is 13.1. The van der Waals surface area contributed by atoms with Crippen molar-refractivity contribution in [3.05, 3.63) is 41.0 Å². The highest BCUT2D eigenvalue weighted by Gasteiger charge is 2.07. The largest absolute Gasteiger partial charge is 0.485 e. The van der Waals surface area contributed by atoms with Gasteiger partial charge in [-0.1, -0.05) is 0 Å². The average molecular weight is 246 g/mol. The van der Waals surface area contributed by atoms with Gasteiger partial charge in [-0.2, -0.15) is 5.10 Å². The van der Waals surface area contributed by atoms with Crippen LogP contribution in [0.1, 0.15) is 22.8 Å². The molecule has 0 amide bonds. The zero-order valence-electron chi connectivity index (χ0n) is 11.0. The van der Waals surface area contributed by atoms with E-state index in [0.717, 1.165) is 28.5 Å². The Morgan fingerprint density at radius 3 is 2.67 bits per heavy atom. The molecule has 0 spiro atoms. The molecule has 0 fully saturated rings. The normalized spacial score (nSPS) is 10.7. The van der Waals surface area contributed by atoms with Crippen LogP contribution >= 0.6 is 0 Å². The zero-order valence-corrected chi connectivity index (χ0v) is 11.0. The third-order valence-electron chi connectivity index (χ3n) is 2.74. The second-order valence-corrected chi connectivity index (χ2v) is 4.29. The maximum atomic E-state index is 5.76. The first-order valence-corrected chi connectivity index (χ1v) is 5.89. The van der Waals surface area contributed by atoms with Crippen molar-refractivity contribution in [2.24, 2.45) is 12.8 Å². The standard InChI is InChI=1S/C13H18N4O/c1-9-4-5-13(12(7-14)15-9)18-8-11-6-10(2)16-17(11)3/h4-6H,7-8,14H2,1-3H3. The van der Waals surface area contributed by atoms with Crippen molar-refractivity contribution >= 4 is 0 Å². The van der Waals surface area contributed by atoms with E-state index in [-0.39, 0.29) is 0 Å². The van der Waals surface area contributed by atoms with Crippen LogP contribution in [0.15, 0.2) is 18.2 Å². The Labute approximate surface area is 107 Å². The first-order chi connectivity index (χ1) is 8.60. The molecule has 0 saturated heterocycles. The summed E-state index contributed by atoms with van der Waals surface area (Å²) in [6.45, 7) is 4.74. The van der Waals surface area contributed by atoms with Crippen LogP contribution in [0.5, 0.6) is 5.75 Å². The maximum absolute atomic E-state index is 5.76. The summed E-state index contributed by atoms with van der Waals surface area (Å²) < 4.78 is 7.58. The summed E-state index contributed by atoms with van der Waals surface area (Å²) >= 11 is 0. The van der Waals surface area contributed by atoms with E-state index in [9.17, 15) is 0 Å². The molecular weight excluding hydrogens is 228 g/mol. The fourth-order valence-corrected chi connectivity index (χ4v) is 1.83. The molecule has 18 heavy (non-hydrogen) atoms. The predicted octanol–water partition coefficient (Wildman–Crippen LogP) is 1.47. The molecule has 2 N–H and O–H groups in total. The Balaban J connectivity index is 2.13. The third-order valence-corrected chi connectivity index (χ3v) is 2.74. The fourth-order valence-electron chi connectivity index (χ4n) is 1.83. The summed E-state index contributed by atoms with van der Waals surface area (Å²) in [6.07, 6.45) is 0. The van der Waals surface area contributed by atoms with Gasteiger partial charge in [0.2, 0.25) is 0 Å². The number of nitrogens with two attached hydrogens (primary N) is 1. The number of rotatable bonds is 4. The Hall–Kier alpha value is -1.88. The minimum atomic E-state index is 0.376. The van der Waals surface area contributed by atoms with E-state index in [1.165, 1.54) is 0 Å². The van der Waals surface area contributed by atoms with Gasteiger partial charge in [0.15, 0.2) is 0 Å². The van der Waals surface area contributed by atoms with Crippen LogP contribution in [0.2, 0.25) is 0 Å². The molecule has 2 aromatic heterocycles. The second kappa shape index (κ2) is 5.18. The number of aryl methyl sites for hydroxylation is 3. The van der Waals surface area contributed by atoms with Gasteiger partial charge in [0.1, 0.15) is 12.4 Å². The number of hydrogen-bond acceptors (Lipinski definition) is 4. The predicted molar refractivity (Wildman–Crippen MR) is 69.1 cm³/mol. The van der Waals surface area contributed by atoms with Gasteiger partial charge in [0, 0.05) is 19.3 Å². The van der Waals surface area contributed by atoms with Gasteiger partial charge in [-0.3, -0.25) is 9.67 Å². The van der Waals surface area contributed by atoms with Crippen LogP contribution in [0, 0.1) is 13.8 Å². The van der Waals surface area contributed by atoms with Crippen LogP contribution in [-0.4, -0.2) is 14.8 Å². The topological polar surface area (TPSA) is 66.0 Å². The summed E-state index contributed by atoms with van der Waals surface area (Å²) in [5.74, 6) is 0.738. The Kier molecular flexibility index (Phi) is 3.62. The van der Waals surface area contributed by atoms with E-state index in [0.29, 0.717) is 13.2 Å². The Morgan fingerprint density at radius 1 is 1.28 bits per heavy atom. The molecule has 0 aromatic carbocycles. The van der Waals surface area contributed by atoms with Crippen LogP contribution in [0.25, 0.3) is 0 Å². The molecule has 0 aliphatic heterocycles. The summed E-state index contributed by atoms with van der Waals surface area (Å²) in [4.78, 5) is 4.36. The third kappa shape index (κ3) is 2.68. The van der Waals surface area contributed by atoms with Gasteiger partial charge in [0.25, 0.3) is 0 Å². The van der Waals surface area contributed by atoms with Gasteiger partial charge >= 0.3 is 0 Å². The minimum absolute atomic E-state index is 0.376. The van der Waals surface area contributed by atoms with Crippen LogP contribution < -0.4 is 10.5 Å². The number of ether oxygens (including phenoxy) is 1. The maximum Gasteiger partial charge on any atom is 0.142 e. The van der Waals surface area contributed by atoms with E-state index < -0.39 is 0 Å². The van der Waals surface area contributed by atoms with E-state index in [2.05, 4.69) is 10.1 Å². The molecule has 0 aliphatic carbocycles. The molecule has 0 aliphatic rings. The molecule has 96 valence electrons. The Bertz CT molecular complexity index is 548. The van der Waals surface area contributed by atoms with Crippen LogP contribution in [-0.2, 0) is 20.2 Å². The van der Waals surface area contributed by atoms with E-state index in [1.54, 1.807) is 0 Å². The molecule has 2 heterocycles. The molecule has 2 rings (SSSR count). The van der Waals surface area contributed by atoms with Gasteiger partial charge in [0.05, 0.1) is 17.1 Å². The van der Waals surface area contributed by atoms with Crippen LogP contribution in [0.4, 0.5) is 0 Å². The van der Waals surface area contributed by atoms with Gasteiger partial charge in [-0.05, 0) is 32.0 Å². The average Bonchev–Trinajstić information content (AvgIpc) is 2.66. The minimum Gasteiger partial charge on any atom is -0.485 e. The number of aromatic nitrogens is 3. The van der Waals surface area contributed by atoms with Crippen molar-refractivity contribution < 1.29 is 4.74 Å². The van der Waals surface area contributed by atoms with Gasteiger partial charge in [-0.15, -0.1) is 0 Å². The van der Waals surface area contributed by atoms with Gasteiger partial charge in [-0.25, -0.2) is 0 Å². The number of nitrogens with zero attached hydrogens (tertiary/aromatic N) is 3.